The summed E-state index contributed by atoms with van der Waals surface area (Å²) in [4.78, 5) is 7.77. The van der Waals surface area contributed by atoms with Crippen LogP contribution in [0.15, 0.2) is 34.3 Å². The quantitative estimate of drug-likeness (QED) is 0.854. The van der Waals surface area contributed by atoms with Crippen LogP contribution in [0.4, 0.5) is 14.7 Å². The fraction of sp³-hybridized carbons (Fsp3) is 0. The number of hydrogen-bond donors (Lipinski definition) is 1. The highest BCUT2D eigenvalue weighted by Gasteiger charge is 2.10. The standard InChI is InChI=1S/C10H6ClF2N3S/c11-6-4-15-10(14)16-9(6)17-8-2-1-5(12)3-7(8)13/h1-4H,(H2,14,15,16). The average Bonchev–Trinajstić information content (AvgIpc) is 2.27. The van der Waals surface area contributed by atoms with Gasteiger partial charge in [0.1, 0.15) is 16.7 Å². The minimum atomic E-state index is -0.678. The molecule has 17 heavy (non-hydrogen) atoms. The van der Waals surface area contributed by atoms with Gasteiger partial charge in [0.25, 0.3) is 0 Å². The van der Waals surface area contributed by atoms with Gasteiger partial charge in [0, 0.05) is 11.0 Å². The molecule has 7 heteroatoms. The van der Waals surface area contributed by atoms with Gasteiger partial charge in [-0.15, -0.1) is 0 Å². The largest absolute Gasteiger partial charge is 0.368 e. The Labute approximate surface area is 105 Å². The molecule has 2 aromatic rings. The lowest BCUT2D eigenvalue weighted by atomic mass is 10.3. The summed E-state index contributed by atoms with van der Waals surface area (Å²) < 4.78 is 26.1. The Morgan fingerprint density at radius 2 is 2.06 bits per heavy atom. The number of aromatic nitrogens is 2. The Kier molecular flexibility index (Phi) is 3.44. The van der Waals surface area contributed by atoms with E-state index in [0.717, 1.165) is 23.9 Å². The molecule has 1 heterocycles. The Morgan fingerprint density at radius 1 is 1.29 bits per heavy atom. The van der Waals surface area contributed by atoms with Crippen molar-refractivity contribution in [1.29, 1.82) is 0 Å². The molecule has 3 nitrogen and oxygen atoms in total. The van der Waals surface area contributed by atoms with Gasteiger partial charge in [0.05, 0.1) is 11.2 Å². The van der Waals surface area contributed by atoms with Crippen LogP contribution in [0, 0.1) is 11.6 Å². The average molecular weight is 274 g/mol. The molecule has 1 aromatic heterocycles. The summed E-state index contributed by atoms with van der Waals surface area (Å²) in [6, 6.07) is 3.26. The molecule has 0 fully saturated rings. The van der Waals surface area contributed by atoms with Crippen LogP contribution in [0.25, 0.3) is 0 Å². The zero-order chi connectivity index (χ0) is 12.4. The fourth-order valence-corrected chi connectivity index (χ4v) is 2.10. The van der Waals surface area contributed by atoms with Gasteiger partial charge >= 0.3 is 0 Å². The second kappa shape index (κ2) is 4.85. The number of nitrogen functional groups attached to an aromatic ring is 1. The van der Waals surface area contributed by atoms with E-state index >= 15 is 0 Å². The smallest absolute Gasteiger partial charge is 0.221 e. The van der Waals surface area contributed by atoms with Crippen LogP contribution in [0.3, 0.4) is 0 Å². The predicted molar refractivity (Wildman–Crippen MR) is 61.9 cm³/mol. The number of hydrogen-bond acceptors (Lipinski definition) is 4. The summed E-state index contributed by atoms with van der Waals surface area (Å²) in [7, 11) is 0. The molecule has 0 aliphatic heterocycles. The third kappa shape index (κ3) is 2.83. The Bertz CT molecular complexity index is 565. The molecular weight excluding hydrogens is 268 g/mol. The van der Waals surface area contributed by atoms with Crippen molar-refractivity contribution in [3.05, 3.63) is 41.1 Å². The summed E-state index contributed by atoms with van der Waals surface area (Å²) in [5, 5.41) is 0.581. The van der Waals surface area contributed by atoms with Gasteiger partial charge in [0.15, 0.2) is 0 Å². The molecule has 0 radical (unpaired) electrons. The van der Waals surface area contributed by atoms with Crippen molar-refractivity contribution in [3.63, 3.8) is 0 Å². The van der Waals surface area contributed by atoms with Crippen LogP contribution in [-0.4, -0.2) is 9.97 Å². The molecule has 0 aliphatic rings. The van der Waals surface area contributed by atoms with E-state index in [4.69, 9.17) is 17.3 Å². The maximum atomic E-state index is 13.4. The zero-order valence-corrected chi connectivity index (χ0v) is 9.90. The maximum absolute atomic E-state index is 13.4. The lowest BCUT2D eigenvalue weighted by molar-refractivity contribution is 0.565. The third-order valence-corrected chi connectivity index (χ3v) is 3.28. The number of halogens is 3. The number of nitrogens with two attached hydrogens (primary N) is 1. The Morgan fingerprint density at radius 3 is 2.76 bits per heavy atom. The first-order valence-corrected chi connectivity index (χ1v) is 5.66. The zero-order valence-electron chi connectivity index (χ0n) is 8.32. The molecule has 2 rings (SSSR count). The van der Waals surface area contributed by atoms with Gasteiger partial charge in [-0.25, -0.2) is 18.7 Å². The highest BCUT2D eigenvalue weighted by molar-refractivity contribution is 7.99. The first-order chi connectivity index (χ1) is 8.06. The van der Waals surface area contributed by atoms with E-state index in [2.05, 4.69) is 9.97 Å². The van der Waals surface area contributed by atoms with E-state index in [1.54, 1.807) is 0 Å². The van der Waals surface area contributed by atoms with E-state index in [9.17, 15) is 8.78 Å². The fourth-order valence-electron chi connectivity index (χ4n) is 1.10. The second-order valence-corrected chi connectivity index (χ2v) is 4.50. The molecule has 0 unspecified atom stereocenters. The molecule has 0 saturated heterocycles. The summed E-state index contributed by atoms with van der Waals surface area (Å²) in [6.45, 7) is 0. The molecule has 88 valence electrons. The monoisotopic (exact) mass is 273 g/mol. The lowest BCUT2D eigenvalue weighted by Crippen LogP contribution is -1.96. The van der Waals surface area contributed by atoms with Crippen molar-refractivity contribution < 1.29 is 8.78 Å². The van der Waals surface area contributed by atoms with Gasteiger partial charge < -0.3 is 5.73 Å². The van der Waals surface area contributed by atoms with Gasteiger partial charge in [-0.1, -0.05) is 23.4 Å². The number of rotatable bonds is 2. The molecule has 0 atom stereocenters. The predicted octanol–water partition coefficient (Wildman–Crippen LogP) is 3.14. The topological polar surface area (TPSA) is 51.8 Å². The lowest BCUT2D eigenvalue weighted by Gasteiger charge is -2.04. The molecule has 0 amide bonds. The molecular formula is C10H6ClF2N3S. The Balaban J connectivity index is 2.34. The van der Waals surface area contributed by atoms with Crippen LogP contribution in [0.2, 0.25) is 5.02 Å². The first kappa shape index (κ1) is 12.1. The van der Waals surface area contributed by atoms with E-state index in [0.29, 0.717) is 5.03 Å². The molecule has 2 N–H and O–H groups in total. The van der Waals surface area contributed by atoms with Crippen molar-refractivity contribution >= 4 is 29.3 Å². The highest BCUT2D eigenvalue weighted by Crippen LogP contribution is 2.33. The molecule has 1 aromatic carbocycles. The number of benzene rings is 1. The molecule has 0 saturated carbocycles. The van der Waals surface area contributed by atoms with Crippen molar-refractivity contribution in [2.75, 3.05) is 5.73 Å². The summed E-state index contributed by atoms with van der Waals surface area (Å²) >= 11 is 6.79. The maximum Gasteiger partial charge on any atom is 0.221 e. The van der Waals surface area contributed by atoms with Gasteiger partial charge in [-0.2, -0.15) is 0 Å². The van der Waals surface area contributed by atoms with Crippen molar-refractivity contribution in [2.45, 2.75) is 9.92 Å². The SMILES string of the molecule is Nc1ncc(Cl)c(Sc2ccc(F)cc2F)n1. The van der Waals surface area contributed by atoms with Crippen LogP contribution in [0.5, 0.6) is 0 Å². The summed E-state index contributed by atoms with van der Waals surface area (Å²) in [6.07, 6.45) is 1.33. The molecule has 0 aliphatic carbocycles. The minimum Gasteiger partial charge on any atom is -0.368 e. The van der Waals surface area contributed by atoms with Gasteiger partial charge in [-0.3, -0.25) is 0 Å². The minimum absolute atomic E-state index is 0.0411. The second-order valence-electron chi connectivity index (χ2n) is 3.06. The van der Waals surface area contributed by atoms with Crippen molar-refractivity contribution in [3.8, 4) is 0 Å². The van der Waals surface area contributed by atoms with Crippen LogP contribution in [0.1, 0.15) is 0 Å². The normalized spacial score (nSPS) is 10.5. The summed E-state index contributed by atoms with van der Waals surface area (Å²) in [5.74, 6) is -1.28. The number of nitrogens with zero attached hydrogens (tertiary/aromatic N) is 2. The Hall–Kier alpha value is -1.40. The van der Waals surface area contributed by atoms with E-state index in [1.807, 2.05) is 0 Å². The third-order valence-electron chi connectivity index (χ3n) is 1.83. The van der Waals surface area contributed by atoms with E-state index < -0.39 is 11.6 Å². The van der Waals surface area contributed by atoms with Crippen LogP contribution in [-0.2, 0) is 0 Å². The summed E-state index contributed by atoms with van der Waals surface area (Å²) in [5.41, 5.74) is 5.40. The molecule has 0 bridgehead atoms. The van der Waals surface area contributed by atoms with Gasteiger partial charge in [-0.05, 0) is 12.1 Å². The van der Waals surface area contributed by atoms with E-state index in [-0.39, 0.29) is 15.9 Å². The van der Waals surface area contributed by atoms with Gasteiger partial charge in [0.2, 0.25) is 5.95 Å². The first-order valence-electron chi connectivity index (χ1n) is 4.47. The highest BCUT2D eigenvalue weighted by atomic mass is 35.5. The van der Waals surface area contributed by atoms with Crippen molar-refractivity contribution in [1.82, 2.24) is 9.97 Å². The van der Waals surface area contributed by atoms with Crippen LogP contribution >= 0.6 is 23.4 Å². The van der Waals surface area contributed by atoms with Crippen molar-refractivity contribution in [2.24, 2.45) is 0 Å². The van der Waals surface area contributed by atoms with E-state index in [1.165, 1.54) is 12.3 Å². The number of anilines is 1. The van der Waals surface area contributed by atoms with Crippen LogP contribution < -0.4 is 5.73 Å². The molecule has 0 spiro atoms.